The Morgan fingerprint density at radius 2 is 1.93 bits per heavy atom. The molecule has 0 aliphatic heterocycles. The van der Waals surface area contributed by atoms with Gasteiger partial charge in [0.2, 0.25) is 5.88 Å². The van der Waals surface area contributed by atoms with Crippen molar-refractivity contribution in [2.45, 2.75) is 26.2 Å². The van der Waals surface area contributed by atoms with Crippen molar-refractivity contribution < 1.29 is 4.74 Å². The minimum atomic E-state index is 0.692. The summed E-state index contributed by atoms with van der Waals surface area (Å²) in [5, 5.41) is 1.18. The van der Waals surface area contributed by atoms with Gasteiger partial charge in [-0.3, -0.25) is 4.98 Å². The van der Waals surface area contributed by atoms with Crippen LogP contribution in [0.2, 0.25) is 0 Å². The summed E-state index contributed by atoms with van der Waals surface area (Å²) in [5.41, 5.74) is 6.72. The second kappa shape index (κ2) is 7.58. The molecule has 0 amide bonds. The highest BCUT2D eigenvalue weighted by Crippen LogP contribution is 2.21. The third-order valence-electron chi connectivity index (χ3n) is 4.73. The number of methoxy groups -OCH3 is 1. The van der Waals surface area contributed by atoms with Crippen LogP contribution in [0, 0.1) is 6.92 Å². The van der Waals surface area contributed by atoms with Gasteiger partial charge >= 0.3 is 0 Å². The number of hydrogen-bond donors (Lipinski definition) is 1. The van der Waals surface area contributed by atoms with E-state index in [0.717, 1.165) is 36.2 Å². The van der Waals surface area contributed by atoms with E-state index in [1.54, 1.807) is 13.3 Å². The predicted molar refractivity (Wildman–Crippen MR) is 106 cm³/mol. The van der Waals surface area contributed by atoms with E-state index in [1.807, 2.05) is 30.7 Å². The number of aromatic amines is 1. The Kier molecular flexibility index (Phi) is 4.83. The Morgan fingerprint density at radius 3 is 2.74 bits per heavy atom. The molecule has 0 fully saturated rings. The second-order valence-corrected chi connectivity index (χ2v) is 6.73. The van der Waals surface area contributed by atoms with Crippen LogP contribution in [0.5, 0.6) is 5.88 Å². The van der Waals surface area contributed by atoms with Gasteiger partial charge in [-0.1, -0.05) is 12.1 Å². The molecule has 4 aromatic rings. The van der Waals surface area contributed by atoms with Crippen LogP contribution in [0.25, 0.3) is 11.0 Å². The molecule has 4 heterocycles. The van der Waals surface area contributed by atoms with Crippen LogP contribution in [-0.4, -0.2) is 27.0 Å². The van der Waals surface area contributed by atoms with Crippen molar-refractivity contribution in [1.82, 2.24) is 19.9 Å². The highest BCUT2D eigenvalue weighted by molar-refractivity contribution is 5.80. The van der Waals surface area contributed by atoms with E-state index >= 15 is 0 Å². The number of H-pyrrole nitrogens is 1. The number of aromatic nitrogens is 4. The van der Waals surface area contributed by atoms with Crippen molar-refractivity contribution in [3.8, 4) is 5.88 Å². The second-order valence-electron chi connectivity index (χ2n) is 6.73. The minimum Gasteiger partial charge on any atom is -0.481 e. The number of fused-ring (bicyclic) bond motifs is 1. The Balaban J connectivity index is 1.45. The molecule has 0 bridgehead atoms. The maximum absolute atomic E-state index is 5.32. The topological polar surface area (TPSA) is 63.7 Å². The average molecular weight is 358 g/mol. The van der Waals surface area contributed by atoms with Gasteiger partial charge in [-0.25, -0.2) is 9.97 Å². The number of aryl methyl sites for hydroxylation is 3. The predicted octanol–water partition coefficient (Wildman–Crippen LogP) is 4.05. The summed E-state index contributed by atoms with van der Waals surface area (Å²) in [4.78, 5) is 16.6. The Labute approximate surface area is 158 Å². The Morgan fingerprint density at radius 1 is 1.00 bits per heavy atom. The monoisotopic (exact) mass is 358 g/mol. The maximum Gasteiger partial charge on any atom is 0.216 e. The quantitative estimate of drug-likeness (QED) is 0.565. The molecular formula is C22H22N4O. The zero-order chi connectivity index (χ0) is 18.6. The fourth-order valence-electron chi connectivity index (χ4n) is 3.30. The molecule has 4 rings (SSSR count). The SMILES string of the molecule is COc1ncccc1CCc1ccc(Cc2c[nH]c3ncc(C)cc23)cn1. The molecule has 0 radical (unpaired) electrons. The first kappa shape index (κ1) is 17.2. The van der Waals surface area contributed by atoms with Crippen molar-refractivity contribution in [3.63, 3.8) is 0 Å². The van der Waals surface area contributed by atoms with Crippen molar-refractivity contribution in [1.29, 1.82) is 0 Å². The van der Waals surface area contributed by atoms with E-state index in [2.05, 4.69) is 45.1 Å². The first-order valence-corrected chi connectivity index (χ1v) is 9.07. The molecule has 27 heavy (non-hydrogen) atoms. The molecule has 0 aliphatic rings. The number of pyridine rings is 3. The summed E-state index contributed by atoms with van der Waals surface area (Å²) in [6.07, 6.45) is 10.2. The van der Waals surface area contributed by atoms with Gasteiger partial charge in [0.25, 0.3) is 0 Å². The molecule has 0 atom stereocenters. The Hall–Kier alpha value is -3.21. The summed E-state index contributed by atoms with van der Waals surface area (Å²) >= 11 is 0. The summed E-state index contributed by atoms with van der Waals surface area (Å²) in [7, 11) is 1.65. The summed E-state index contributed by atoms with van der Waals surface area (Å²) in [5.74, 6) is 0.692. The molecule has 0 saturated heterocycles. The molecular weight excluding hydrogens is 336 g/mol. The average Bonchev–Trinajstić information content (AvgIpc) is 3.09. The Bertz CT molecular complexity index is 1050. The lowest BCUT2D eigenvalue weighted by molar-refractivity contribution is 0.392. The van der Waals surface area contributed by atoms with Gasteiger partial charge in [-0.15, -0.1) is 0 Å². The van der Waals surface area contributed by atoms with E-state index in [9.17, 15) is 0 Å². The summed E-state index contributed by atoms with van der Waals surface area (Å²) < 4.78 is 5.32. The van der Waals surface area contributed by atoms with Crippen molar-refractivity contribution >= 4 is 11.0 Å². The fraction of sp³-hybridized carbons (Fsp3) is 0.227. The smallest absolute Gasteiger partial charge is 0.216 e. The molecule has 0 spiro atoms. The molecule has 5 heteroatoms. The standard InChI is InChI=1S/C22H22N4O/c1-15-10-20-18(14-26-21(20)25-12-15)11-16-5-7-19(24-13-16)8-6-17-4-3-9-23-22(17)27-2/h3-5,7,9-10,12-14H,6,8,11H2,1-2H3,(H,25,26). The molecule has 0 unspecified atom stereocenters. The van der Waals surface area contributed by atoms with Gasteiger partial charge < -0.3 is 9.72 Å². The number of ether oxygens (including phenoxy) is 1. The van der Waals surface area contributed by atoms with Gasteiger partial charge in [0, 0.05) is 47.9 Å². The van der Waals surface area contributed by atoms with E-state index in [0.29, 0.717) is 5.88 Å². The lowest BCUT2D eigenvalue weighted by Gasteiger charge is -2.07. The zero-order valence-electron chi connectivity index (χ0n) is 15.6. The number of nitrogens with zero attached hydrogens (tertiary/aromatic N) is 3. The van der Waals surface area contributed by atoms with Gasteiger partial charge in [0.1, 0.15) is 5.65 Å². The van der Waals surface area contributed by atoms with Crippen molar-refractivity contribution in [3.05, 3.63) is 83.1 Å². The molecule has 4 aromatic heterocycles. The normalized spacial score (nSPS) is 11.0. The third-order valence-corrected chi connectivity index (χ3v) is 4.73. The van der Waals surface area contributed by atoms with Crippen LogP contribution in [0.15, 0.2) is 55.1 Å². The third kappa shape index (κ3) is 3.82. The van der Waals surface area contributed by atoms with Crippen LogP contribution >= 0.6 is 0 Å². The van der Waals surface area contributed by atoms with Crippen LogP contribution in [0.3, 0.4) is 0 Å². The first-order chi connectivity index (χ1) is 13.2. The van der Waals surface area contributed by atoms with E-state index < -0.39 is 0 Å². The van der Waals surface area contributed by atoms with Crippen molar-refractivity contribution in [2.24, 2.45) is 0 Å². The lowest BCUT2D eigenvalue weighted by atomic mass is 10.0. The van der Waals surface area contributed by atoms with Crippen molar-refractivity contribution in [2.75, 3.05) is 7.11 Å². The van der Waals surface area contributed by atoms with Gasteiger partial charge in [0.05, 0.1) is 7.11 Å². The molecule has 0 saturated carbocycles. The minimum absolute atomic E-state index is 0.692. The highest BCUT2D eigenvalue weighted by Gasteiger charge is 2.08. The zero-order valence-corrected chi connectivity index (χ0v) is 15.6. The molecule has 0 aliphatic carbocycles. The van der Waals surface area contributed by atoms with Crippen LogP contribution in [0.1, 0.15) is 27.9 Å². The number of hydrogen-bond acceptors (Lipinski definition) is 4. The van der Waals surface area contributed by atoms with Gasteiger partial charge in [-0.05, 0) is 54.7 Å². The van der Waals surface area contributed by atoms with Gasteiger partial charge in [-0.2, -0.15) is 0 Å². The maximum atomic E-state index is 5.32. The first-order valence-electron chi connectivity index (χ1n) is 9.07. The van der Waals surface area contributed by atoms with Crippen LogP contribution < -0.4 is 4.74 Å². The molecule has 5 nitrogen and oxygen atoms in total. The fourth-order valence-corrected chi connectivity index (χ4v) is 3.30. The van der Waals surface area contributed by atoms with E-state index in [4.69, 9.17) is 4.74 Å². The summed E-state index contributed by atoms with van der Waals surface area (Å²) in [6, 6.07) is 10.4. The molecule has 0 aromatic carbocycles. The number of rotatable bonds is 6. The molecule has 1 N–H and O–H groups in total. The molecule has 136 valence electrons. The van der Waals surface area contributed by atoms with E-state index in [1.165, 1.54) is 22.1 Å². The van der Waals surface area contributed by atoms with Crippen LogP contribution in [0.4, 0.5) is 0 Å². The largest absolute Gasteiger partial charge is 0.481 e. The van der Waals surface area contributed by atoms with E-state index in [-0.39, 0.29) is 0 Å². The highest BCUT2D eigenvalue weighted by atomic mass is 16.5. The van der Waals surface area contributed by atoms with Crippen LogP contribution in [-0.2, 0) is 19.3 Å². The summed E-state index contributed by atoms with van der Waals surface area (Å²) in [6.45, 7) is 2.07. The lowest BCUT2D eigenvalue weighted by Crippen LogP contribution is -1.99. The number of nitrogens with one attached hydrogen (secondary N) is 1. The van der Waals surface area contributed by atoms with Gasteiger partial charge in [0.15, 0.2) is 0 Å².